The first kappa shape index (κ1) is 15.7. The van der Waals surface area contributed by atoms with E-state index >= 15 is 0 Å². The van der Waals surface area contributed by atoms with Crippen LogP contribution < -0.4 is 5.32 Å². The standard InChI is InChI=1S/C14H25N.ClH/c1-3-5-6-8-13(7-4-2)14-9-11-15-12-10-14;/h4,15H,2-3,5-12H2,1H3;1H. The van der Waals surface area contributed by atoms with Gasteiger partial charge in [0.25, 0.3) is 0 Å². The van der Waals surface area contributed by atoms with Crippen molar-refractivity contribution in [2.75, 3.05) is 13.1 Å². The predicted molar refractivity (Wildman–Crippen MR) is 75.3 cm³/mol. The molecule has 0 aliphatic carbocycles. The minimum Gasteiger partial charge on any atom is -0.316 e. The van der Waals surface area contributed by atoms with Gasteiger partial charge in [-0.05, 0) is 45.2 Å². The van der Waals surface area contributed by atoms with Gasteiger partial charge >= 0.3 is 0 Å². The van der Waals surface area contributed by atoms with Crippen LogP contribution >= 0.6 is 12.4 Å². The van der Waals surface area contributed by atoms with Gasteiger partial charge in [-0.3, -0.25) is 0 Å². The third-order valence-corrected chi connectivity index (χ3v) is 3.18. The first-order valence-corrected chi connectivity index (χ1v) is 6.39. The summed E-state index contributed by atoms with van der Waals surface area (Å²) < 4.78 is 0. The molecule has 0 bridgehead atoms. The van der Waals surface area contributed by atoms with Crippen LogP contribution in [-0.4, -0.2) is 13.1 Å². The molecule has 1 nitrogen and oxygen atoms in total. The Kier molecular flexibility index (Phi) is 9.75. The van der Waals surface area contributed by atoms with Gasteiger partial charge in [0.05, 0.1) is 0 Å². The van der Waals surface area contributed by atoms with Gasteiger partial charge in [-0.15, -0.1) is 19.0 Å². The summed E-state index contributed by atoms with van der Waals surface area (Å²) in [7, 11) is 0. The number of hydrogen-bond acceptors (Lipinski definition) is 1. The van der Waals surface area contributed by atoms with Crippen LogP contribution in [0.4, 0.5) is 0 Å². The van der Waals surface area contributed by atoms with Gasteiger partial charge < -0.3 is 5.32 Å². The average Bonchev–Trinajstić information content (AvgIpc) is 2.29. The van der Waals surface area contributed by atoms with Crippen LogP contribution in [0.2, 0.25) is 0 Å². The summed E-state index contributed by atoms with van der Waals surface area (Å²) in [5.74, 6) is 0. The minimum absolute atomic E-state index is 0. The van der Waals surface area contributed by atoms with Crippen LogP contribution in [0.5, 0.6) is 0 Å². The van der Waals surface area contributed by atoms with Crippen molar-refractivity contribution in [2.45, 2.75) is 51.9 Å². The molecule has 1 heterocycles. The second kappa shape index (κ2) is 9.92. The lowest BCUT2D eigenvalue weighted by molar-refractivity contribution is 0.593. The van der Waals surface area contributed by atoms with E-state index in [0.717, 1.165) is 6.42 Å². The maximum atomic E-state index is 3.87. The number of hydrogen-bond donors (Lipinski definition) is 1. The highest BCUT2D eigenvalue weighted by Gasteiger charge is 2.09. The molecule has 0 saturated carbocycles. The van der Waals surface area contributed by atoms with Crippen molar-refractivity contribution >= 4 is 12.4 Å². The number of piperidine rings is 1. The van der Waals surface area contributed by atoms with Crippen LogP contribution in [0, 0.1) is 0 Å². The highest BCUT2D eigenvalue weighted by Crippen LogP contribution is 2.23. The van der Waals surface area contributed by atoms with Gasteiger partial charge in [-0.25, -0.2) is 0 Å². The second-order valence-electron chi connectivity index (χ2n) is 4.41. The molecular formula is C14H26ClN. The van der Waals surface area contributed by atoms with E-state index in [0.29, 0.717) is 0 Å². The normalized spacial score (nSPS) is 15.4. The molecule has 1 N–H and O–H groups in total. The molecule has 0 aromatic carbocycles. The van der Waals surface area contributed by atoms with Crippen molar-refractivity contribution in [1.82, 2.24) is 5.32 Å². The summed E-state index contributed by atoms with van der Waals surface area (Å²) in [5.41, 5.74) is 3.39. The Morgan fingerprint density at radius 1 is 1.31 bits per heavy atom. The fraction of sp³-hybridized carbons (Fsp3) is 0.714. The molecule has 1 rings (SSSR count). The molecule has 0 radical (unpaired) electrons. The van der Waals surface area contributed by atoms with Crippen molar-refractivity contribution in [3.05, 3.63) is 23.8 Å². The molecule has 0 aromatic rings. The van der Waals surface area contributed by atoms with E-state index in [9.17, 15) is 0 Å². The molecule has 1 aliphatic heterocycles. The number of unbranched alkanes of at least 4 members (excludes halogenated alkanes) is 2. The van der Waals surface area contributed by atoms with Gasteiger partial charge in [-0.2, -0.15) is 0 Å². The molecule has 0 spiro atoms. The van der Waals surface area contributed by atoms with Crippen LogP contribution in [0.1, 0.15) is 51.9 Å². The Morgan fingerprint density at radius 3 is 2.56 bits per heavy atom. The summed E-state index contributed by atoms with van der Waals surface area (Å²) in [6.45, 7) is 8.48. The summed E-state index contributed by atoms with van der Waals surface area (Å²) in [6, 6.07) is 0. The van der Waals surface area contributed by atoms with Crippen molar-refractivity contribution in [3.63, 3.8) is 0 Å². The van der Waals surface area contributed by atoms with Gasteiger partial charge in [0, 0.05) is 0 Å². The van der Waals surface area contributed by atoms with E-state index in [-0.39, 0.29) is 12.4 Å². The molecule has 0 atom stereocenters. The average molecular weight is 244 g/mol. The Labute approximate surface area is 107 Å². The quantitative estimate of drug-likeness (QED) is 0.544. The zero-order valence-electron chi connectivity index (χ0n) is 10.6. The van der Waals surface area contributed by atoms with E-state index in [2.05, 4.69) is 24.9 Å². The van der Waals surface area contributed by atoms with Gasteiger partial charge in [0.15, 0.2) is 0 Å². The highest BCUT2D eigenvalue weighted by molar-refractivity contribution is 5.85. The number of nitrogens with one attached hydrogen (secondary N) is 1. The first-order valence-electron chi connectivity index (χ1n) is 6.39. The van der Waals surface area contributed by atoms with Crippen molar-refractivity contribution in [2.24, 2.45) is 0 Å². The smallest absolute Gasteiger partial charge is 0.00114 e. The lowest BCUT2D eigenvalue weighted by atomic mass is 9.93. The van der Waals surface area contributed by atoms with E-state index in [1.165, 1.54) is 51.6 Å². The van der Waals surface area contributed by atoms with Crippen molar-refractivity contribution in [1.29, 1.82) is 0 Å². The molecule has 1 aliphatic rings. The zero-order valence-corrected chi connectivity index (χ0v) is 11.4. The molecular weight excluding hydrogens is 218 g/mol. The Hall–Kier alpha value is -0.270. The molecule has 1 saturated heterocycles. The van der Waals surface area contributed by atoms with Gasteiger partial charge in [0.1, 0.15) is 0 Å². The summed E-state index contributed by atoms with van der Waals surface area (Å²) in [6.07, 6.45) is 11.0. The lowest BCUT2D eigenvalue weighted by Gasteiger charge is -2.20. The molecule has 16 heavy (non-hydrogen) atoms. The Bertz CT molecular complexity index is 213. The predicted octanol–water partition coefficient (Wildman–Crippen LogP) is 4.24. The maximum Gasteiger partial charge on any atom is -0.00114 e. The highest BCUT2D eigenvalue weighted by atomic mass is 35.5. The SMILES string of the molecule is C=CCC(CCCCC)=C1CCNCC1.Cl. The van der Waals surface area contributed by atoms with E-state index < -0.39 is 0 Å². The lowest BCUT2D eigenvalue weighted by Crippen LogP contribution is -2.23. The Morgan fingerprint density at radius 2 is 2.00 bits per heavy atom. The molecule has 2 heteroatoms. The maximum absolute atomic E-state index is 3.87. The number of allylic oxidation sites excluding steroid dienone is 2. The third kappa shape index (κ3) is 5.72. The fourth-order valence-corrected chi connectivity index (χ4v) is 2.27. The van der Waals surface area contributed by atoms with Crippen LogP contribution in [0.15, 0.2) is 23.8 Å². The number of halogens is 1. The fourth-order valence-electron chi connectivity index (χ4n) is 2.27. The topological polar surface area (TPSA) is 12.0 Å². The van der Waals surface area contributed by atoms with Crippen LogP contribution in [0.25, 0.3) is 0 Å². The van der Waals surface area contributed by atoms with Crippen LogP contribution in [-0.2, 0) is 0 Å². The van der Waals surface area contributed by atoms with Crippen molar-refractivity contribution < 1.29 is 0 Å². The Balaban J connectivity index is 0.00000225. The van der Waals surface area contributed by atoms with Gasteiger partial charge in [0.2, 0.25) is 0 Å². The minimum atomic E-state index is 0. The van der Waals surface area contributed by atoms with Crippen LogP contribution in [0.3, 0.4) is 0 Å². The van der Waals surface area contributed by atoms with E-state index in [4.69, 9.17) is 0 Å². The van der Waals surface area contributed by atoms with Crippen molar-refractivity contribution in [3.8, 4) is 0 Å². The molecule has 0 unspecified atom stereocenters. The summed E-state index contributed by atoms with van der Waals surface area (Å²) in [4.78, 5) is 0. The largest absolute Gasteiger partial charge is 0.316 e. The van der Waals surface area contributed by atoms with Gasteiger partial charge in [-0.1, -0.05) is 37.0 Å². The van der Waals surface area contributed by atoms with E-state index in [1.54, 1.807) is 11.1 Å². The summed E-state index contributed by atoms with van der Waals surface area (Å²) in [5, 5.41) is 3.42. The molecule has 0 aromatic heterocycles. The monoisotopic (exact) mass is 243 g/mol. The molecule has 94 valence electrons. The summed E-state index contributed by atoms with van der Waals surface area (Å²) >= 11 is 0. The van der Waals surface area contributed by atoms with E-state index in [1.807, 2.05) is 0 Å². The second-order valence-corrected chi connectivity index (χ2v) is 4.41. The first-order chi connectivity index (χ1) is 7.38. The number of rotatable bonds is 6. The molecule has 0 amide bonds. The third-order valence-electron chi connectivity index (χ3n) is 3.18. The zero-order chi connectivity index (χ0) is 10.9. The molecule has 1 fully saturated rings.